The lowest BCUT2D eigenvalue weighted by Crippen LogP contribution is -2.36. The maximum atomic E-state index is 3.64. The van der Waals surface area contributed by atoms with Gasteiger partial charge in [-0.3, -0.25) is 0 Å². The zero-order chi connectivity index (χ0) is 11.4. The number of nitrogens with one attached hydrogen (secondary N) is 1. The highest BCUT2D eigenvalue weighted by atomic mass is 79.9. The van der Waals surface area contributed by atoms with Crippen LogP contribution in [0.15, 0.2) is 28.7 Å². The molecule has 1 aliphatic rings. The minimum absolute atomic E-state index is 0.887. The van der Waals surface area contributed by atoms with Crippen molar-refractivity contribution >= 4 is 15.9 Å². The van der Waals surface area contributed by atoms with Crippen molar-refractivity contribution < 1.29 is 0 Å². The monoisotopic (exact) mass is 281 g/mol. The van der Waals surface area contributed by atoms with Crippen LogP contribution in [-0.2, 0) is 6.42 Å². The van der Waals surface area contributed by atoms with Gasteiger partial charge in [0.2, 0.25) is 0 Å². The number of benzene rings is 1. The Kier molecular flexibility index (Phi) is 4.42. The third kappa shape index (κ3) is 2.86. The smallest absolute Gasteiger partial charge is 0.0207 e. The molecular formula is C14H20BrN. The van der Waals surface area contributed by atoms with E-state index in [1.807, 2.05) is 0 Å². The van der Waals surface area contributed by atoms with Gasteiger partial charge in [-0.2, -0.15) is 0 Å². The molecule has 0 heterocycles. The molecule has 1 nitrogen and oxygen atoms in total. The van der Waals surface area contributed by atoms with E-state index in [0.29, 0.717) is 0 Å². The molecule has 2 rings (SSSR count). The lowest BCUT2D eigenvalue weighted by atomic mass is 9.71. The van der Waals surface area contributed by atoms with Crippen LogP contribution in [0.5, 0.6) is 0 Å². The average molecular weight is 282 g/mol. The van der Waals surface area contributed by atoms with Crippen molar-refractivity contribution in [3.05, 3.63) is 34.3 Å². The number of halogens is 1. The van der Waals surface area contributed by atoms with Gasteiger partial charge in [-0.25, -0.2) is 0 Å². The quantitative estimate of drug-likeness (QED) is 0.869. The number of hydrogen-bond donors (Lipinski definition) is 1. The van der Waals surface area contributed by atoms with Gasteiger partial charge in [-0.05, 0) is 55.8 Å². The van der Waals surface area contributed by atoms with Crippen molar-refractivity contribution in [2.75, 3.05) is 13.1 Å². The minimum Gasteiger partial charge on any atom is -0.317 e. The summed E-state index contributed by atoms with van der Waals surface area (Å²) < 4.78 is 1.27. The number of rotatable bonds is 5. The van der Waals surface area contributed by atoms with Gasteiger partial charge < -0.3 is 5.32 Å². The van der Waals surface area contributed by atoms with Crippen LogP contribution in [-0.4, -0.2) is 13.1 Å². The van der Waals surface area contributed by atoms with Crippen LogP contribution in [0.1, 0.15) is 25.3 Å². The van der Waals surface area contributed by atoms with Crippen molar-refractivity contribution in [2.45, 2.75) is 26.2 Å². The molecule has 1 aromatic rings. The molecule has 2 heteroatoms. The molecule has 1 fully saturated rings. The van der Waals surface area contributed by atoms with Gasteiger partial charge in [0.25, 0.3) is 0 Å². The Morgan fingerprint density at radius 2 is 2.00 bits per heavy atom. The molecule has 1 aromatic carbocycles. The van der Waals surface area contributed by atoms with Gasteiger partial charge in [0.15, 0.2) is 0 Å². The largest absolute Gasteiger partial charge is 0.317 e. The van der Waals surface area contributed by atoms with Crippen LogP contribution in [0, 0.1) is 11.8 Å². The second-order valence-electron chi connectivity index (χ2n) is 4.70. The predicted molar refractivity (Wildman–Crippen MR) is 72.6 cm³/mol. The van der Waals surface area contributed by atoms with Gasteiger partial charge in [-0.1, -0.05) is 41.1 Å². The molecule has 0 aromatic heterocycles. The topological polar surface area (TPSA) is 12.0 Å². The first-order chi connectivity index (χ1) is 7.81. The molecule has 88 valence electrons. The van der Waals surface area contributed by atoms with Gasteiger partial charge in [-0.15, -0.1) is 0 Å². The van der Waals surface area contributed by atoms with Crippen molar-refractivity contribution in [2.24, 2.45) is 11.8 Å². The summed E-state index contributed by atoms with van der Waals surface area (Å²) >= 11 is 3.64. The number of hydrogen-bond acceptors (Lipinski definition) is 1. The summed E-state index contributed by atoms with van der Waals surface area (Å²) in [4.78, 5) is 0. The Morgan fingerprint density at radius 3 is 2.62 bits per heavy atom. The highest BCUT2D eigenvalue weighted by Crippen LogP contribution is 2.37. The molecule has 0 radical (unpaired) electrons. The highest BCUT2D eigenvalue weighted by Gasteiger charge is 2.30. The van der Waals surface area contributed by atoms with E-state index in [1.165, 1.54) is 35.8 Å². The first-order valence-electron chi connectivity index (χ1n) is 6.25. The van der Waals surface area contributed by atoms with Crippen LogP contribution in [0.3, 0.4) is 0 Å². The summed E-state index contributed by atoms with van der Waals surface area (Å²) in [6.07, 6.45) is 4.04. The summed E-state index contributed by atoms with van der Waals surface area (Å²) in [5.41, 5.74) is 1.47. The Bertz CT molecular complexity index is 337. The summed E-state index contributed by atoms with van der Waals surface area (Å²) in [5.74, 6) is 1.78. The van der Waals surface area contributed by atoms with Crippen LogP contribution >= 0.6 is 15.9 Å². The van der Waals surface area contributed by atoms with E-state index in [-0.39, 0.29) is 0 Å². The Hall–Kier alpha value is -0.340. The molecule has 0 saturated heterocycles. The fourth-order valence-corrected chi connectivity index (χ4v) is 2.90. The molecule has 0 spiro atoms. The SMILES string of the molecule is CCNCC1CCC1Cc1ccccc1Br. The molecule has 2 unspecified atom stereocenters. The molecule has 0 amide bonds. The predicted octanol–water partition coefficient (Wildman–Crippen LogP) is 3.63. The standard InChI is InChI=1S/C14H20BrN/c1-2-16-10-13-8-7-11(13)9-12-5-3-4-6-14(12)15/h3-6,11,13,16H,2,7-10H2,1H3. The fraction of sp³-hybridized carbons (Fsp3) is 0.571. The van der Waals surface area contributed by atoms with Crippen molar-refractivity contribution in [3.8, 4) is 0 Å². The third-order valence-electron chi connectivity index (χ3n) is 3.67. The maximum Gasteiger partial charge on any atom is 0.0207 e. The minimum atomic E-state index is 0.887. The summed E-state index contributed by atoms with van der Waals surface area (Å²) in [7, 11) is 0. The Morgan fingerprint density at radius 1 is 1.25 bits per heavy atom. The highest BCUT2D eigenvalue weighted by molar-refractivity contribution is 9.10. The van der Waals surface area contributed by atoms with Gasteiger partial charge >= 0.3 is 0 Å². The zero-order valence-electron chi connectivity index (χ0n) is 9.88. The molecule has 0 bridgehead atoms. The van der Waals surface area contributed by atoms with E-state index < -0.39 is 0 Å². The third-order valence-corrected chi connectivity index (χ3v) is 4.45. The fourth-order valence-electron chi connectivity index (χ4n) is 2.45. The first kappa shape index (κ1) is 12.1. The Balaban J connectivity index is 1.88. The normalized spacial score (nSPS) is 24.1. The molecule has 1 aliphatic carbocycles. The van der Waals surface area contributed by atoms with E-state index in [9.17, 15) is 0 Å². The second kappa shape index (κ2) is 5.83. The van der Waals surface area contributed by atoms with Crippen LogP contribution < -0.4 is 5.32 Å². The summed E-state index contributed by atoms with van der Waals surface area (Å²) in [5, 5.41) is 3.47. The van der Waals surface area contributed by atoms with Crippen LogP contribution in [0.4, 0.5) is 0 Å². The van der Waals surface area contributed by atoms with Crippen molar-refractivity contribution in [3.63, 3.8) is 0 Å². The molecule has 1 N–H and O–H groups in total. The lowest BCUT2D eigenvalue weighted by Gasteiger charge is -2.37. The van der Waals surface area contributed by atoms with Gasteiger partial charge in [0.1, 0.15) is 0 Å². The summed E-state index contributed by atoms with van der Waals surface area (Å²) in [6, 6.07) is 8.61. The second-order valence-corrected chi connectivity index (χ2v) is 5.56. The molecule has 1 saturated carbocycles. The average Bonchev–Trinajstić information content (AvgIpc) is 2.27. The van der Waals surface area contributed by atoms with Crippen LogP contribution in [0.25, 0.3) is 0 Å². The first-order valence-corrected chi connectivity index (χ1v) is 7.04. The lowest BCUT2D eigenvalue weighted by molar-refractivity contribution is 0.171. The van der Waals surface area contributed by atoms with E-state index >= 15 is 0 Å². The van der Waals surface area contributed by atoms with E-state index in [4.69, 9.17) is 0 Å². The van der Waals surface area contributed by atoms with E-state index in [2.05, 4.69) is 52.4 Å². The van der Waals surface area contributed by atoms with Crippen molar-refractivity contribution in [1.29, 1.82) is 0 Å². The molecular weight excluding hydrogens is 262 g/mol. The van der Waals surface area contributed by atoms with E-state index in [0.717, 1.165) is 18.4 Å². The Labute approximate surface area is 107 Å². The molecule has 16 heavy (non-hydrogen) atoms. The van der Waals surface area contributed by atoms with Gasteiger partial charge in [0.05, 0.1) is 0 Å². The van der Waals surface area contributed by atoms with Crippen molar-refractivity contribution in [1.82, 2.24) is 5.32 Å². The zero-order valence-corrected chi connectivity index (χ0v) is 11.5. The molecule has 0 aliphatic heterocycles. The summed E-state index contributed by atoms with van der Waals surface area (Å²) in [6.45, 7) is 4.48. The van der Waals surface area contributed by atoms with Crippen LogP contribution in [0.2, 0.25) is 0 Å². The maximum absolute atomic E-state index is 3.64. The van der Waals surface area contributed by atoms with Gasteiger partial charge in [0, 0.05) is 4.47 Å². The molecule has 2 atom stereocenters. The van der Waals surface area contributed by atoms with E-state index in [1.54, 1.807) is 0 Å².